The number of carbonyl (C=O) groups excluding carboxylic acids is 1. The van der Waals surface area contributed by atoms with E-state index in [1.807, 2.05) is 13.0 Å². The number of aromatic nitrogens is 4. The van der Waals surface area contributed by atoms with Crippen molar-refractivity contribution in [2.45, 2.75) is 58.8 Å². The summed E-state index contributed by atoms with van der Waals surface area (Å²) in [6.45, 7) is 9.58. The molecular formula is C29H32F3N7O2S. The number of hydrogen-bond donors (Lipinski definition) is 2. The fraction of sp³-hybridized carbons (Fsp3) is 0.414. The van der Waals surface area contributed by atoms with Gasteiger partial charge in [0.05, 0.1) is 10.4 Å². The molecule has 0 saturated carbocycles. The molecule has 5 rings (SSSR count). The molecule has 2 N–H and O–H groups in total. The van der Waals surface area contributed by atoms with Crippen molar-refractivity contribution in [2.24, 2.45) is 5.92 Å². The summed E-state index contributed by atoms with van der Waals surface area (Å²) in [5, 5.41) is 6.39. The summed E-state index contributed by atoms with van der Waals surface area (Å²) >= 11 is 1.31. The molecule has 222 valence electrons. The zero-order valence-corrected chi connectivity index (χ0v) is 24.5. The van der Waals surface area contributed by atoms with Gasteiger partial charge in [0.25, 0.3) is 0 Å². The maximum absolute atomic E-state index is 13.7. The second-order valence-corrected chi connectivity index (χ2v) is 11.8. The van der Waals surface area contributed by atoms with E-state index in [0.717, 1.165) is 36.7 Å². The molecule has 3 aromatic heterocycles. The van der Waals surface area contributed by atoms with Crippen molar-refractivity contribution < 1.29 is 22.7 Å². The number of fused-ring (bicyclic) bond motifs is 1. The van der Waals surface area contributed by atoms with Crippen LogP contribution < -0.4 is 15.4 Å². The molecule has 1 amide bonds. The quantitative estimate of drug-likeness (QED) is 0.216. The Morgan fingerprint density at radius 3 is 2.71 bits per heavy atom. The first-order valence-electron chi connectivity index (χ1n) is 13.7. The molecule has 9 nitrogen and oxygen atoms in total. The first kappa shape index (κ1) is 29.6. The van der Waals surface area contributed by atoms with Gasteiger partial charge < -0.3 is 15.4 Å². The Kier molecular flexibility index (Phi) is 8.60. The van der Waals surface area contributed by atoms with Gasteiger partial charge in [0.2, 0.25) is 11.8 Å². The zero-order chi connectivity index (χ0) is 30.0. The van der Waals surface area contributed by atoms with E-state index in [1.165, 1.54) is 30.7 Å². The molecule has 1 aromatic carbocycles. The minimum Gasteiger partial charge on any atom is -0.437 e. The predicted octanol–water partition coefficient (Wildman–Crippen LogP) is 6.84. The Morgan fingerprint density at radius 1 is 1.17 bits per heavy atom. The highest BCUT2D eigenvalue weighted by Crippen LogP contribution is 2.37. The third-order valence-corrected chi connectivity index (χ3v) is 7.87. The molecule has 1 fully saturated rings. The maximum Gasteiger partial charge on any atom is 0.433 e. The van der Waals surface area contributed by atoms with Gasteiger partial charge in [0, 0.05) is 37.2 Å². The summed E-state index contributed by atoms with van der Waals surface area (Å²) in [5.41, 5.74) is 0.310. The molecule has 0 aliphatic carbocycles. The summed E-state index contributed by atoms with van der Waals surface area (Å²) in [6.07, 6.45) is -1.32. The fourth-order valence-electron chi connectivity index (χ4n) is 5.22. The van der Waals surface area contributed by atoms with Gasteiger partial charge in [0.15, 0.2) is 10.9 Å². The highest BCUT2D eigenvalue weighted by Gasteiger charge is 2.35. The average molecular weight is 600 g/mol. The highest BCUT2D eigenvalue weighted by atomic mass is 32.1. The molecular weight excluding hydrogens is 567 g/mol. The van der Waals surface area contributed by atoms with Crippen LogP contribution >= 0.6 is 11.3 Å². The van der Waals surface area contributed by atoms with Crippen molar-refractivity contribution >= 4 is 38.4 Å². The van der Waals surface area contributed by atoms with Crippen LogP contribution in [-0.4, -0.2) is 55.9 Å². The molecule has 1 aliphatic heterocycles. The van der Waals surface area contributed by atoms with Crippen LogP contribution in [0.4, 0.5) is 24.1 Å². The van der Waals surface area contributed by atoms with Gasteiger partial charge in [-0.15, -0.1) is 0 Å². The van der Waals surface area contributed by atoms with Gasteiger partial charge in [-0.05, 0) is 56.5 Å². The summed E-state index contributed by atoms with van der Waals surface area (Å²) in [5.74, 6) is 0.932. The second kappa shape index (κ2) is 12.2. The van der Waals surface area contributed by atoms with E-state index in [4.69, 9.17) is 4.74 Å². The van der Waals surface area contributed by atoms with E-state index < -0.39 is 11.9 Å². The standard InChI is InChI=1S/C29H32F3N7O2S/c1-16(2)14-39-12-6-7-21(39)17(3)35-27-19(10-11-24(37-27)29(30,31)32)20-13-25(34-15-33-20)41-22-8-5-9-23-26(22)38-28(42-23)36-18(4)40/h5,8-11,13,15-17,21H,6-7,12,14H2,1-4H3,(H,35,37)(H,36,38,40). The largest absolute Gasteiger partial charge is 0.437 e. The Labute approximate surface area is 245 Å². The van der Waals surface area contributed by atoms with E-state index in [0.29, 0.717) is 33.6 Å². The van der Waals surface area contributed by atoms with Gasteiger partial charge in [-0.1, -0.05) is 31.3 Å². The number of likely N-dealkylation sites (tertiary alicyclic amines) is 1. The van der Waals surface area contributed by atoms with E-state index in [2.05, 4.69) is 49.3 Å². The van der Waals surface area contributed by atoms with Crippen molar-refractivity contribution in [3.05, 3.63) is 48.4 Å². The van der Waals surface area contributed by atoms with Crippen molar-refractivity contribution in [3.63, 3.8) is 0 Å². The van der Waals surface area contributed by atoms with Crippen LogP contribution in [0.2, 0.25) is 0 Å². The van der Waals surface area contributed by atoms with Crippen LogP contribution in [0.15, 0.2) is 42.7 Å². The molecule has 4 aromatic rings. The SMILES string of the molecule is CC(=O)Nc1nc2c(Oc3cc(-c4ccc(C(F)(F)F)nc4NC(C)C4CCCN4CC(C)C)ncn3)cccc2s1. The van der Waals surface area contributed by atoms with Crippen molar-refractivity contribution in [2.75, 3.05) is 23.7 Å². The van der Waals surface area contributed by atoms with Crippen LogP contribution in [0.1, 0.15) is 46.2 Å². The van der Waals surface area contributed by atoms with E-state index in [1.54, 1.807) is 18.2 Å². The number of carbonyl (C=O) groups is 1. The lowest BCUT2D eigenvalue weighted by molar-refractivity contribution is -0.141. The number of hydrogen-bond acceptors (Lipinski definition) is 9. The third-order valence-electron chi connectivity index (χ3n) is 6.94. The number of benzene rings is 1. The van der Waals surface area contributed by atoms with E-state index in [-0.39, 0.29) is 29.7 Å². The molecule has 1 aliphatic rings. The first-order chi connectivity index (χ1) is 20.0. The molecule has 0 radical (unpaired) electrons. The molecule has 0 bridgehead atoms. The Morgan fingerprint density at radius 2 is 1.98 bits per heavy atom. The summed E-state index contributed by atoms with van der Waals surface area (Å²) in [6, 6.07) is 9.27. The number of rotatable bonds is 9. The van der Waals surface area contributed by atoms with Crippen LogP contribution in [0, 0.1) is 5.92 Å². The topological polar surface area (TPSA) is 105 Å². The van der Waals surface area contributed by atoms with Gasteiger partial charge >= 0.3 is 6.18 Å². The minimum absolute atomic E-state index is 0.0972. The Balaban J connectivity index is 1.45. The number of nitrogens with zero attached hydrogens (tertiary/aromatic N) is 5. The van der Waals surface area contributed by atoms with Gasteiger partial charge in [0.1, 0.15) is 23.4 Å². The van der Waals surface area contributed by atoms with Crippen molar-refractivity contribution in [3.8, 4) is 22.9 Å². The summed E-state index contributed by atoms with van der Waals surface area (Å²) in [4.78, 5) is 30.9. The Bertz CT molecular complexity index is 1580. The normalized spacial score (nSPS) is 16.6. The number of thiazole rings is 1. The smallest absolute Gasteiger partial charge is 0.433 e. The lowest BCUT2D eigenvalue weighted by Gasteiger charge is -2.32. The number of ether oxygens (including phenoxy) is 1. The minimum atomic E-state index is -4.60. The molecule has 4 heterocycles. The second-order valence-electron chi connectivity index (χ2n) is 10.8. The van der Waals surface area contributed by atoms with E-state index >= 15 is 0 Å². The zero-order valence-electron chi connectivity index (χ0n) is 23.7. The third kappa shape index (κ3) is 6.79. The van der Waals surface area contributed by atoms with Crippen LogP contribution in [0.25, 0.3) is 21.5 Å². The van der Waals surface area contributed by atoms with Crippen LogP contribution in [-0.2, 0) is 11.0 Å². The number of anilines is 2. The number of halogens is 3. The number of pyridine rings is 1. The summed E-state index contributed by atoms with van der Waals surface area (Å²) in [7, 11) is 0. The first-order valence-corrected chi connectivity index (χ1v) is 14.6. The molecule has 2 unspecified atom stereocenters. The maximum atomic E-state index is 13.7. The average Bonchev–Trinajstić information content (AvgIpc) is 3.54. The van der Waals surface area contributed by atoms with Crippen molar-refractivity contribution in [1.29, 1.82) is 0 Å². The van der Waals surface area contributed by atoms with Crippen molar-refractivity contribution in [1.82, 2.24) is 24.8 Å². The predicted molar refractivity (Wildman–Crippen MR) is 157 cm³/mol. The van der Waals surface area contributed by atoms with Gasteiger partial charge in [-0.25, -0.2) is 19.9 Å². The van der Waals surface area contributed by atoms with Gasteiger partial charge in [-0.3, -0.25) is 9.69 Å². The molecule has 2 atom stereocenters. The Hall–Kier alpha value is -3.84. The number of alkyl halides is 3. The van der Waals surface area contributed by atoms with Gasteiger partial charge in [-0.2, -0.15) is 13.2 Å². The lowest BCUT2D eigenvalue weighted by Crippen LogP contribution is -2.43. The number of para-hydroxylation sites is 1. The molecule has 42 heavy (non-hydrogen) atoms. The number of nitrogens with one attached hydrogen (secondary N) is 2. The summed E-state index contributed by atoms with van der Waals surface area (Å²) < 4.78 is 47.9. The highest BCUT2D eigenvalue weighted by molar-refractivity contribution is 7.22. The monoisotopic (exact) mass is 599 g/mol. The molecule has 0 spiro atoms. The molecule has 13 heteroatoms. The van der Waals surface area contributed by atoms with Crippen LogP contribution in [0.3, 0.4) is 0 Å². The molecule has 1 saturated heterocycles. The number of amides is 1. The fourth-order valence-corrected chi connectivity index (χ4v) is 6.15. The van der Waals surface area contributed by atoms with Crippen LogP contribution in [0.5, 0.6) is 11.6 Å². The lowest BCUT2D eigenvalue weighted by atomic mass is 10.0. The van der Waals surface area contributed by atoms with E-state index in [9.17, 15) is 18.0 Å².